The van der Waals surface area contributed by atoms with Gasteiger partial charge in [-0.05, 0) is 158 Å². The van der Waals surface area contributed by atoms with Gasteiger partial charge in [-0.3, -0.25) is 43.9 Å². The van der Waals surface area contributed by atoms with Crippen LogP contribution in [0.1, 0.15) is 133 Å². The van der Waals surface area contributed by atoms with E-state index in [1.165, 1.54) is 16.4 Å². The number of piperidine rings is 1. The smallest absolute Gasteiger partial charge is 0.265 e. The second-order valence-corrected chi connectivity index (χ2v) is 27.5. The molecule has 0 amide bonds. The van der Waals surface area contributed by atoms with Crippen LogP contribution in [0.4, 0.5) is 44.2 Å². The Morgan fingerprint density at radius 3 is 2.27 bits per heavy atom. The molecule has 5 aliphatic heterocycles. The summed E-state index contributed by atoms with van der Waals surface area (Å²) in [5.41, 5.74) is 14.8. The van der Waals surface area contributed by atoms with E-state index in [2.05, 4.69) is 38.5 Å². The third kappa shape index (κ3) is 10.1. The van der Waals surface area contributed by atoms with Crippen LogP contribution >= 0.6 is 0 Å². The standard InChI is InChI=1S/C71H71FN8O8S/c1-3-42-14-22-47(23-15-42)89(85,86)80-55-25-16-43(39-71(2)40-54-62(59(83)41-71)66(44-17-20-46(72)21-18-44)75-51-11-6-5-10-50(51)73-54)36-53(55)74-52-12-9-13-58(82)63(52)68(80)61-27-26-60(87-61)45-19-24-48-49(37-45)70-65-64(69(48)84)56(78-28-7-4-8-29-78)38-57(67(65)76-88-70)79-32-30-77(31-33-79)34-35-81/h5-6,10-11,14-27,36-38,62-63,66,68,70,75-76,81H,3-4,7-9,12-13,28-35,39-41H2,1-2H3. The maximum Gasteiger partial charge on any atom is 0.265 e. The number of halogens is 1. The number of ketones is 3. The van der Waals surface area contributed by atoms with Gasteiger partial charge in [-0.2, -0.15) is 0 Å². The molecule has 15 rings (SSSR count). The molecule has 3 N–H and O–H groups in total. The summed E-state index contributed by atoms with van der Waals surface area (Å²) < 4.78 is 54.4. The van der Waals surface area contributed by atoms with Crippen LogP contribution in [0.15, 0.2) is 147 Å². The van der Waals surface area contributed by atoms with Crippen LogP contribution in [0.3, 0.4) is 0 Å². The summed E-state index contributed by atoms with van der Waals surface area (Å²) in [6.45, 7) is 9.63. The van der Waals surface area contributed by atoms with Crippen LogP contribution in [0.5, 0.6) is 0 Å². The van der Waals surface area contributed by atoms with Gasteiger partial charge in [0.2, 0.25) is 0 Å². The molecule has 4 fully saturated rings. The fourth-order valence-electron chi connectivity index (χ4n) is 15.5. The number of sulfonamides is 1. The van der Waals surface area contributed by atoms with Crippen LogP contribution < -0.4 is 24.9 Å². The number of hydrogen-bond donors (Lipinski definition) is 3. The highest BCUT2D eigenvalue weighted by atomic mass is 32.2. The summed E-state index contributed by atoms with van der Waals surface area (Å²) in [6.07, 6.45) is 5.69. The van der Waals surface area contributed by atoms with Crippen LogP contribution in [0, 0.1) is 23.1 Å². The van der Waals surface area contributed by atoms with E-state index in [-0.39, 0.29) is 59.0 Å². The van der Waals surface area contributed by atoms with Gasteiger partial charge in [-0.15, -0.1) is 0 Å². The Labute approximate surface area is 517 Å². The number of aliphatic imine (C=N–C) groups is 2. The Kier molecular flexibility index (Phi) is 14.5. The monoisotopic (exact) mass is 1210 g/mol. The molecule has 89 heavy (non-hydrogen) atoms. The van der Waals surface area contributed by atoms with Crippen molar-refractivity contribution in [1.29, 1.82) is 0 Å². The molecule has 6 atom stereocenters. The third-order valence-corrected chi connectivity index (χ3v) is 21.7. The van der Waals surface area contributed by atoms with E-state index in [0.717, 1.165) is 115 Å². The number of hydrogen-bond acceptors (Lipinski definition) is 15. The van der Waals surface area contributed by atoms with Crippen molar-refractivity contribution >= 4 is 78.6 Å². The molecule has 0 radical (unpaired) electrons. The molecule has 1 aromatic heterocycles. The number of piperazine rings is 1. The summed E-state index contributed by atoms with van der Waals surface area (Å²) in [4.78, 5) is 68.8. The fraction of sp³-hybridized carbons (Fsp3) is 0.366. The predicted molar refractivity (Wildman–Crippen MR) is 342 cm³/mol. The lowest BCUT2D eigenvalue weighted by atomic mass is 9.65. The highest BCUT2D eigenvalue weighted by Crippen LogP contribution is 2.55. The first-order chi connectivity index (χ1) is 43.2. The Bertz CT molecular complexity index is 4190. The topological polar surface area (TPSA) is 190 Å². The zero-order chi connectivity index (χ0) is 60.9. The first-order valence-electron chi connectivity index (χ1n) is 31.6. The van der Waals surface area contributed by atoms with Crippen molar-refractivity contribution in [2.24, 2.45) is 27.2 Å². The number of β-amino-alcohol motifs (C(OH)–C–C–N with tert-alkyl or cyclic N) is 1. The fourth-order valence-corrected chi connectivity index (χ4v) is 17.1. The van der Waals surface area contributed by atoms with E-state index >= 15 is 13.2 Å². The Morgan fingerprint density at radius 1 is 0.719 bits per heavy atom. The van der Waals surface area contributed by atoms with Gasteiger partial charge < -0.3 is 24.6 Å². The number of aliphatic hydroxyl groups excluding tert-OH is 1. The van der Waals surface area contributed by atoms with Crippen molar-refractivity contribution in [3.05, 3.63) is 178 Å². The number of aryl methyl sites for hydroxylation is 1. The molecular weight excluding hydrogens is 1140 g/mol. The highest BCUT2D eigenvalue weighted by Gasteiger charge is 2.50. The predicted octanol–water partition coefficient (Wildman–Crippen LogP) is 12.6. The minimum absolute atomic E-state index is 0.0155. The summed E-state index contributed by atoms with van der Waals surface area (Å²) in [5.74, 6) is -1.48. The zero-order valence-corrected chi connectivity index (χ0v) is 50.8. The van der Waals surface area contributed by atoms with E-state index in [0.29, 0.717) is 78.1 Å². The molecule has 7 aromatic rings. The van der Waals surface area contributed by atoms with Crippen molar-refractivity contribution in [2.75, 3.05) is 77.3 Å². The van der Waals surface area contributed by atoms with E-state index in [4.69, 9.17) is 19.2 Å². The van der Waals surface area contributed by atoms with Gasteiger partial charge in [0.1, 0.15) is 41.1 Å². The summed E-state index contributed by atoms with van der Waals surface area (Å²) in [7, 11) is -4.48. The van der Waals surface area contributed by atoms with Gasteiger partial charge in [-0.25, -0.2) is 12.8 Å². The number of para-hydroxylation sites is 2. The van der Waals surface area contributed by atoms with E-state index in [1.54, 1.807) is 36.4 Å². The van der Waals surface area contributed by atoms with Gasteiger partial charge in [0.15, 0.2) is 5.78 Å². The second kappa shape index (κ2) is 22.6. The Balaban J connectivity index is 0.795. The average molecular weight is 1220 g/mol. The molecule has 2 saturated carbocycles. The largest absolute Gasteiger partial charge is 0.459 e. The lowest BCUT2D eigenvalue weighted by Crippen LogP contribution is -2.47. The molecule has 2 saturated heterocycles. The molecule has 6 aromatic carbocycles. The lowest BCUT2D eigenvalue weighted by molar-refractivity contribution is -0.124. The molecule has 3 aliphatic carbocycles. The SMILES string of the molecule is CCc1ccc(S(=O)(=O)N2c3ccc(CC4(C)CC(=O)C5C(=Nc6ccccc6NC5c5ccc(F)cc5)C4)cc3N=C3CCCC(=O)C3C2c2ccc(-c3ccc4c(c3)C3ONc5c(N6CCN(CCO)CC6)cc(N6CCCCC6)c(c53)C4=O)o2)cc1. The third-order valence-electron chi connectivity index (χ3n) is 19.8. The minimum atomic E-state index is -4.48. The molecule has 6 unspecified atom stereocenters. The number of nitrogens with zero attached hydrogens (tertiary/aromatic N) is 6. The maximum absolute atomic E-state index is 15.9. The number of fused-ring (bicyclic) bond motifs is 6. The Morgan fingerprint density at radius 2 is 1.48 bits per heavy atom. The van der Waals surface area contributed by atoms with Gasteiger partial charge in [0, 0.05) is 86.8 Å². The van der Waals surface area contributed by atoms with Crippen LogP contribution in [-0.2, 0) is 37.3 Å². The van der Waals surface area contributed by atoms with Gasteiger partial charge in [0.25, 0.3) is 10.0 Å². The number of carbonyl (C=O) groups is 3. The number of anilines is 5. The second-order valence-electron chi connectivity index (χ2n) is 25.7. The summed E-state index contributed by atoms with van der Waals surface area (Å²) in [5, 5.41) is 13.3. The normalized spacial score (nSPS) is 24.0. The minimum Gasteiger partial charge on any atom is -0.459 e. The number of nitrogens with one attached hydrogen (secondary N) is 2. The van der Waals surface area contributed by atoms with E-state index in [9.17, 15) is 19.1 Å². The number of carbonyl (C=O) groups excluding carboxylic acids is 3. The first kappa shape index (κ1) is 57.2. The molecule has 456 valence electrons. The van der Waals surface area contributed by atoms with Crippen LogP contribution in [0.25, 0.3) is 11.3 Å². The molecule has 8 aliphatic rings. The summed E-state index contributed by atoms with van der Waals surface area (Å²) >= 11 is 0. The molecule has 6 heterocycles. The molecular formula is C71H71FN8O8S. The van der Waals surface area contributed by atoms with Crippen molar-refractivity contribution in [2.45, 2.75) is 101 Å². The molecule has 16 nitrogen and oxygen atoms in total. The Hall–Kier alpha value is -8.29. The molecule has 0 bridgehead atoms. The van der Waals surface area contributed by atoms with Crippen molar-refractivity contribution < 1.29 is 41.6 Å². The number of furan rings is 1. The van der Waals surface area contributed by atoms with Crippen molar-refractivity contribution in [3.63, 3.8) is 0 Å². The van der Waals surface area contributed by atoms with Crippen molar-refractivity contribution in [1.82, 2.24) is 4.90 Å². The zero-order valence-electron chi connectivity index (χ0n) is 50.0. The quantitative estimate of drug-likeness (QED) is 0.105. The van der Waals surface area contributed by atoms with Gasteiger partial charge in [-0.1, -0.05) is 62.4 Å². The average Bonchev–Trinajstić information content (AvgIpc) is 1.72. The molecule has 0 spiro atoms. The van der Waals surface area contributed by atoms with Crippen molar-refractivity contribution in [3.8, 4) is 11.3 Å². The van der Waals surface area contributed by atoms with Gasteiger partial charge >= 0.3 is 0 Å². The van der Waals surface area contributed by atoms with Gasteiger partial charge in [0.05, 0.1) is 74.8 Å². The highest BCUT2D eigenvalue weighted by molar-refractivity contribution is 7.92. The van der Waals surface area contributed by atoms with E-state index < -0.39 is 45.5 Å². The number of aliphatic hydroxyl groups is 1. The number of benzene rings is 6. The first-order valence-corrected chi connectivity index (χ1v) is 33.0. The number of Topliss-reactive ketones (excluding diaryl/α,β-unsaturated/α-hetero) is 2. The lowest BCUT2D eigenvalue weighted by Gasteiger charge is -2.40. The van der Waals surface area contributed by atoms with Crippen LogP contribution in [-0.4, -0.2) is 99.6 Å². The number of rotatable bonds is 12. The molecule has 18 heteroatoms. The van der Waals surface area contributed by atoms with E-state index in [1.807, 2.05) is 79.7 Å². The van der Waals surface area contributed by atoms with Crippen LogP contribution in [0.2, 0.25) is 0 Å². The summed E-state index contributed by atoms with van der Waals surface area (Å²) in [6, 6.07) is 36.2. The maximum atomic E-state index is 15.9.